The summed E-state index contributed by atoms with van der Waals surface area (Å²) in [4.78, 5) is 9.91. The second-order valence-corrected chi connectivity index (χ2v) is 2.80. The summed E-state index contributed by atoms with van der Waals surface area (Å²) in [6, 6.07) is 2.23. The second kappa shape index (κ2) is 4.61. The third kappa shape index (κ3) is 2.35. The summed E-state index contributed by atoms with van der Waals surface area (Å²) in [6.45, 7) is 1.49. The molecule has 1 aromatic rings. The molecule has 6 nitrogen and oxygen atoms in total. The standard InChI is InChI=1S/C9H11NO5/c1-2-15-8-4-7(10(13)14)3-6(5-11)9(8)12/h3-4,11-12H,2,5H2,1H3. The molecule has 0 aliphatic carbocycles. The van der Waals surface area contributed by atoms with Gasteiger partial charge in [-0.05, 0) is 6.92 Å². The summed E-state index contributed by atoms with van der Waals surface area (Å²) in [5.41, 5.74) is -0.145. The van der Waals surface area contributed by atoms with Crippen molar-refractivity contribution in [3.8, 4) is 11.5 Å². The van der Waals surface area contributed by atoms with Crippen LogP contribution in [-0.4, -0.2) is 21.7 Å². The fraction of sp³-hybridized carbons (Fsp3) is 0.333. The van der Waals surface area contributed by atoms with E-state index in [4.69, 9.17) is 9.84 Å². The number of aromatic hydroxyl groups is 1. The van der Waals surface area contributed by atoms with Gasteiger partial charge < -0.3 is 14.9 Å². The van der Waals surface area contributed by atoms with Gasteiger partial charge in [-0.15, -0.1) is 0 Å². The molecule has 0 radical (unpaired) electrons. The SMILES string of the molecule is CCOc1cc([N+](=O)[O-])cc(CO)c1O. The minimum Gasteiger partial charge on any atom is -0.504 e. The molecule has 2 N–H and O–H groups in total. The van der Waals surface area contributed by atoms with E-state index in [1.165, 1.54) is 0 Å². The Hall–Kier alpha value is -1.82. The maximum absolute atomic E-state index is 10.5. The van der Waals surface area contributed by atoms with Crippen LogP contribution in [0.1, 0.15) is 12.5 Å². The number of hydrogen-bond acceptors (Lipinski definition) is 5. The summed E-state index contributed by atoms with van der Waals surface area (Å²) < 4.78 is 5.00. The molecule has 0 saturated carbocycles. The lowest BCUT2D eigenvalue weighted by atomic mass is 10.1. The van der Waals surface area contributed by atoms with E-state index in [0.29, 0.717) is 0 Å². The van der Waals surface area contributed by atoms with Crippen molar-refractivity contribution in [2.24, 2.45) is 0 Å². The number of ether oxygens (including phenoxy) is 1. The average molecular weight is 213 g/mol. The predicted molar refractivity (Wildman–Crippen MR) is 51.9 cm³/mol. The first kappa shape index (κ1) is 11.3. The van der Waals surface area contributed by atoms with Crippen molar-refractivity contribution in [3.05, 3.63) is 27.8 Å². The summed E-state index contributed by atoms with van der Waals surface area (Å²) in [5, 5.41) is 28.9. The van der Waals surface area contributed by atoms with Crippen molar-refractivity contribution in [2.45, 2.75) is 13.5 Å². The van der Waals surface area contributed by atoms with Gasteiger partial charge in [-0.25, -0.2) is 0 Å². The van der Waals surface area contributed by atoms with Crippen molar-refractivity contribution < 1.29 is 19.9 Å². The molecule has 1 rings (SSSR count). The summed E-state index contributed by atoms with van der Waals surface area (Å²) in [7, 11) is 0. The highest BCUT2D eigenvalue weighted by Gasteiger charge is 2.16. The lowest BCUT2D eigenvalue weighted by molar-refractivity contribution is -0.385. The molecule has 1 aromatic carbocycles. The number of aliphatic hydroxyl groups excluding tert-OH is 1. The minimum atomic E-state index is -0.610. The van der Waals surface area contributed by atoms with E-state index in [1.54, 1.807) is 6.92 Å². The maximum Gasteiger partial charge on any atom is 0.273 e. The van der Waals surface area contributed by atoms with Crippen molar-refractivity contribution in [3.63, 3.8) is 0 Å². The number of non-ortho nitro benzene ring substituents is 1. The van der Waals surface area contributed by atoms with Gasteiger partial charge in [0.1, 0.15) is 0 Å². The van der Waals surface area contributed by atoms with Crippen LogP contribution in [0, 0.1) is 10.1 Å². The van der Waals surface area contributed by atoms with E-state index < -0.39 is 11.5 Å². The van der Waals surface area contributed by atoms with Gasteiger partial charge in [-0.1, -0.05) is 0 Å². The molecule has 0 aliphatic heterocycles. The normalized spacial score (nSPS) is 10.0. The van der Waals surface area contributed by atoms with Crippen LogP contribution in [-0.2, 0) is 6.61 Å². The van der Waals surface area contributed by atoms with E-state index in [9.17, 15) is 15.2 Å². The number of phenols is 1. The van der Waals surface area contributed by atoms with E-state index in [1.807, 2.05) is 0 Å². The van der Waals surface area contributed by atoms with Gasteiger partial charge in [0.15, 0.2) is 11.5 Å². The third-order valence-electron chi connectivity index (χ3n) is 1.82. The fourth-order valence-electron chi connectivity index (χ4n) is 1.14. The highest BCUT2D eigenvalue weighted by atomic mass is 16.6. The van der Waals surface area contributed by atoms with Crippen LogP contribution < -0.4 is 4.74 Å². The average Bonchev–Trinajstić information content (AvgIpc) is 2.21. The molecular formula is C9H11NO5. The van der Waals surface area contributed by atoms with E-state index in [-0.39, 0.29) is 29.4 Å². The zero-order valence-corrected chi connectivity index (χ0v) is 8.14. The molecule has 0 unspecified atom stereocenters. The lowest BCUT2D eigenvalue weighted by Gasteiger charge is -2.08. The first-order chi connectivity index (χ1) is 7.10. The van der Waals surface area contributed by atoms with Gasteiger partial charge in [0.25, 0.3) is 5.69 Å². The number of nitro groups is 1. The van der Waals surface area contributed by atoms with E-state index in [0.717, 1.165) is 12.1 Å². The molecule has 0 fully saturated rings. The zero-order valence-electron chi connectivity index (χ0n) is 8.14. The number of nitro benzene ring substituents is 1. The molecular weight excluding hydrogens is 202 g/mol. The van der Waals surface area contributed by atoms with Gasteiger partial charge in [0.05, 0.1) is 24.2 Å². The Morgan fingerprint density at radius 1 is 1.53 bits per heavy atom. The van der Waals surface area contributed by atoms with Gasteiger partial charge >= 0.3 is 0 Å². The Morgan fingerprint density at radius 2 is 2.20 bits per heavy atom. The number of benzene rings is 1. The van der Waals surface area contributed by atoms with Crippen LogP contribution in [0.4, 0.5) is 5.69 Å². The summed E-state index contributed by atoms with van der Waals surface area (Å²) >= 11 is 0. The Labute approximate surface area is 85.9 Å². The first-order valence-electron chi connectivity index (χ1n) is 4.34. The Kier molecular flexibility index (Phi) is 3.46. The number of rotatable bonds is 4. The zero-order chi connectivity index (χ0) is 11.4. The maximum atomic E-state index is 10.5. The van der Waals surface area contributed by atoms with Crippen LogP contribution in [0.15, 0.2) is 12.1 Å². The van der Waals surface area contributed by atoms with Gasteiger partial charge in [-0.3, -0.25) is 10.1 Å². The predicted octanol–water partition coefficient (Wildman–Crippen LogP) is 1.19. The first-order valence-corrected chi connectivity index (χ1v) is 4.34. The number of aliphatic hydroxyl groups is 1. The quantitative estimate of drug-likeness (QED) is 0.578. The molecule has 0 aliphatic rings. The fourth-order valence-corrected chi connectivity index (χ4v) is 1.14. The number of nitrogens with zero attached hydrogens (tertiary/aromatic N) is 1. The molecule has 0 saturated heterocycles. The van der Waals surface area contributed by atoms with Crippen molar-refractivity contribution in [1.82, 2.24) is 0 Å². The summed E-state index contributed by atoms with van der Waals surface area (Å²) in [5.74, 6) is -0.249. The monoisotopic (exact) mass is 213 g/mol. The molecule has 82 valence electrons. The minimum absolute atomic E-state index is 0.00995. The molecule has 0 amide bonds. The van der Waals surface area contributed by atoms with Gasteiger partial charge in [-0.2, -0.15) is 0 Å². The van der Waals surface area contributed by atoms with Crippen molar-refractivity contribution in [1.29, 1.82) is 0 Å². The van der Waals surface area contributed by atoms with Gasteiger partial charge in [0, 0.05) is 11.6 Å². The Morgan fingerprint density at radius 3 is 2.67 bits per heavy atom. The smallest absolute Gasteiger partial charge is 0.273 e. The van der Waals surface area contributed by atoms with Crippen LogP contribution in [0.3, 0.4) is 0 Å². The highest BCUT2D eigenvalue weighted by Crippen LogP contribution is 2.34. The van der Waals surface area contributed by atoms with E-state index in [2.05, 4.69) is 0 Å². The van der Waals surface area contributed by atoms with Crippen LogP contribution in [0.25, 0.3) is 0 Å². The molecule has 0 heterocycles. The van der Waals surface area contributed by atoms with E-state index >= 15 is 0 Å². The number of hydrogen-bond donors (Lipinski definition) is 2. The Bertz CT molecular complexity index is 377. The molecule has 0 spiro atoms. The van der Waals surface area contributed by atoms with Crippen LogP contribution in [0.5, 0.6) is 11.5 Å². The molecule has 0 aromatic heterocycles. The summed E-state index contributed by atoms with van der Waals surface area (Å²) in [6.07, 6.45) is 0. The third-order valence-corrected chi connectivity index (χ3v) is 1.82. The van der Waals surface area contributed by atoms with Crippen LogP contribution >= 0.6 is 0 Å². The topological polar surface area (TPSA) is 92.8 Å². The molecule has 0 bridgehead atoms. The highest BCUT2D eigenvalue weighted by molar-refractivity contribution is 5.53. The van der Waals surface area contributed by atoms with Crippen molar-refractivity contribution >= 4 is 5.69 Å². The van der Waals surface area contributed by atoms with Gasteiger partial charge in [0.2, 0.25) is 0 Å². The lowest BCUT2D eigenvalue weighted by Crippen LogP contribution is -1.97. The largest absolute Gasteiger partial charge is 0.504 e. The second-order valence-electron chi connectivity index (χ2n) is 2.80. The van der Waals surface area contributed by atoms with Crippen molar-refractivity contribution in [2.75, 3.05) is 6.61 Å². The van der Waals surface area contributed by atoms with Crippen LogP contribution in [0.2, 0.25) is 0 Å². The molecule has 0 atom stereocenters. The molecule has 15 heavy (non-hydrogen) atoms. The molecule has 6 heteroatoms. The Balaban J connectivity index is 3.25.